The highest BCUT2D eigenvalue weighted by atomic mass is 16.7. The summed E-state index contributed by atoms with van der Waals surface area (Å²) in [6.45, 7) is 7.04. The molecule has 4 bridgehead atoms. The number of benzene rings is 1. The van der Waals surface area contributed by atoms with Crippen molar-refractivity contribution < 1.29 is 14.2 Å². The molecule has 1 aromatic carbocycles. The number of hydrogen-bond donors (Lipinski definition) is 3. The van der Waals surface area contributed by atoms with E-state index in [0.717, 1.165) is 36.7 Å². The zero-order chi connectivity index (χ0) is 27.7. The Morgan fingerprint density at radius 1 is 1.12 bits per heavy atom. The third-order valence-electron chi connectivity index (χ3n) is 9.48. The summed E-state index contributed by atoms with van der Waals surface area (Å²) < 4.78 is 17.2. The molecule has 6 atom stereocenters. The topological polar surface area (TPSA) is 113 Å². The SMILES string of the molecule is COc1ccccc1CNc1ncc(C#N)c(NCC23CC4C[C@H](C2)C(NCC[C@H]2COC(C)(C)O2)[C@@H](C4)C3)n1. The summed E-state index contributed by atoms with van der Waals surface area (Å²) in [6, 6.07) is 10.8. The second-order valence-electron chi connectivity index (χ2n) is 12.8. The first-order valence-electron chi connectivity index (χ1n) is 14.8. The Labute approximate surface area is 237 Å². The van der Waals surface area contributed by atoms with E-state index in [-0.39, 0.29) is 11.5 Å². The minimum absolute atomic E-state index is 0.186. The fraction of sp³-hybridized carbons (Fsp3) is 0.645. The molecule has 0 amide bonds. The fourth-order valence-corrected chi connectivity index (χ4v) is 8.04. The molecule has 2 heterocycles. The average molecular weight is 547 g/mol. The molecular weight excluding hydrogens is 504 g/mol. The third-order valence-corrected chi connectivity index (χ3v) is 9.48. The van der Waals surface area contributed by atoms with Gasteiger partial charge in [-0.3, -0.25) is 0 Å². The van der Waals surface area contributed by atoms with E-state index in [2.05, 4.69) is 27.0 Å². The number of methoxy groups -OCH3 is 1. The lowest BCUT2D eigenvalue weighted by molar-refractivity contribution is -0.139. The molecule has 4 saturated carbocycles. The van der Waals surface area contributed by atoms with Crippen molar-refractivity contribution in [2.45, 2.75) is 76.9 Å². The minimum Gasteiger partial charge on any atom is -0.496 e. The number of nitrogens with one attached hydrogen (secondary N) is 3. The summed E-state index contributed by atoms with van der Waals surface area (Å²) in [7, 11) is 1.67. The summed E-state index contributed by atoms with van der Waals surface area (Å²) in [5, 5.41) is 20.6. The maximum atomic E-state index is 9.74. The third kappa shape index (κ3) is 5.76. The fourth-order valence-electron chi connectivity index (χ4n) is 8.04. The van der Waals surface area contributed by atoms with Crippen LogP contribution in [-0.4, -0.2) is 54.7 Å². The molecule has 1 saturated heterocycles. The number of nitriles is 1. The Bertz CT molecular complexity index is 1230. The molecule has 40 heavy (non-hydrogen) atoms. The minimum atomic E-state index is -0.450. The second-order valence-corrected chi connectivity index (χ2v) is 12.8. The van der Waals surface area contributed by atoms with Crippen molar-refractivity contribution in [2.24, 2.45) is 23.2 Å². The quantitative estimate of drug-likeness (QED) is 0.369. The summed E-state index contributed by atoms with van der Waals surface area (Å²) in [5.41, 5.74) is 1.77. The summed E-state index contributed by atoms with van der Waals surface area (Å²) >= 11 is 0. The van der Waals surface area contributed by atoms with Gasteiger partial charge in [-0.2, -0.15) is 10.2 Å². The Kier molecular flexibility index (Phi) is 7.60. The van der Waals surface area contributed by atoms with Gasteiger partial charge in [-0.05, 0) is 88.2 Å². The Hall–Kier alpha value is -2.93. The van der Waals surface area contributed by atoms with Crippen LogP contribution >= 0.6 is 0 Å². The van der Waals surface area contributed by atoms with Crippen molar-refractivity contribution in [1.29, 1.82) is 5.26 Å². The molecule has 3 N–H and O–H groups in total. The van der Waals surface area contributed by atoms with E-state index >= 15 is 0 Å². The van der Waals surface area contributed by atoms with Gasteiger partial charge in [-0.25, -0.2) is 4.98 Å². The van der Waals surface area contributed by atoms with Crippen LogP contribution in [0.1, 0.15) is 63.5 Å². The van der Waals surface area contributed by atoms with E-state index in [9.17, 15) is 5.26 Å². The number of aromatic nitrogens is 2. The van der Waals surface area contributed by atoms with Crippen LogP contribution in [0, 0.1) is 34.5 Å². The molecule has 0 radical (unpaired) electrons. The Morgan fingerprint density at radius 2 is 1.93 bits per heavy atom. The first-order chi connectivity index (χ1) is 19.4. The van der Waals surface area contributed by atoms with Gasteiger partial charge in [0.05, 0.1) is 26.0 Å². The van der Waals surface area contributed by atoms with Crippen molar-refractivity contribution in [1.82, 2.24) is 15.3 Å². The van der Waals surface area contributed by atoms with Gasteiger partial charge < -0.3 is 30.2 Å². The normalized spacial score (nSPS) is 31.6. The number of rotatable bonds is 11. The van der Waals surface area contributed by atoms with Gasteiger partial charge in [0.1, 0.15) is 23.2 Å². The van der Waals surface area contributed by atoms with E-state index < -0.39 is 5.79 Å². The van der Waals surface area contributed by atoms with Gasteiger partial charge >= 0.3 is 0 Å². The highest BCUT2D eigenvalue weighted by molar-refractivity contribution is 5.53. The molecule has 3 unspecified atom stereocenters. The molecule has 4 aliphatic carbocycles. The summed E-state index contributed by atoms with van der Waals surface area (Å²) in [4.78, 5) is 9.08. The number of nitrogens with zero attached hydrogens (tertiary/aromatic N) is 3. The molecule has 214 valence electrons. The van der Waals surface area contributed by atoms with Crippen LogP contribution in [0.2, 0.25) is 0 Å². The predicted molar refractivity (Wildman–Crippen MR) is 153 cm³/mol. The van der Waals surface area contributed by atoms with Crippen LogP contribution < -0.4 is 20.7 Å². The second kappa shape index (κ2) is 11.2. The summed E-state index contributed by atoms with van der Waals surface area (Å²) in [6.07, 6.45) is 9.19. The molecule has 1 aromatic heterocycles. The average Bonchev–Trinajstić information content (AvgIpc) is 3.30. The van der Waals surface area contributed by atoms with Crippen molar-refractivity contribution in [2.75, 3.05) is 37.4 Å². The van der Waals surface area contributed by atoms with Gasteiger partial charge in [0, 0.05) is 24.7 Å². The maximum absolute atomic E-state index is 9.74. The molecule has 1 aliphatic heterocycles. The highest BCUT2D eigenvalue weighted by Crippen LogP contribution is 2.60. The van der Waals surface area contributed by atoms with E-state index in [0.29, 0.717) is 48.4 Å². The molecule has 5 fully saturated rings. The smallest absolute Gasteiger partial charge is 0.224 e. The molecule has 7 rings (SSSR count). The number of ether oxygens (including phenoxy) is 3. The zero-order valence-corrected chi connectivity index (χ0v) is 23.9. The van der Waals surface area contributed by atoms with Crippen molar-refractivity contribution in [3.8, 4) is 11.8 Å². The zero-order valence-electron chi connectivity index (χ0n) is 23.9. The number of para-hydroxylation sites is 1. The molecule has 9 nitrogen and oxygen atoms in total. The van der Waals surface area contributed by atoms with Gasteiger partial charge in [-0.1, -0.05) is 18.2 Å². The van der Waals surface area contributed by atoms with Crippen LogP contribution in [0.3, 0.4) is 0 Å². The molecule has 9 heteroatoms. The number of hydrogen-bond acceptors (Lipinski definition) is 9. The van der Waals surface area contributed by atoms with Crippen LogP contribution in [-0.2, 0) is 16.0 Å². The van der Waals surface area contributed by atoms with E-state index in [1.165, 1.54) is 32.1 Å². The summed E-state index contributed by atoms with van der Waals surface area (Å²) in [5.74, 6) is 3.72. The van der Waals surface area contributed by atoms with E-state index in [1.807, 2.05) is 38.1 Å². The lowest BCUT2D eigenvalue weighted by Gasteiger charge is -2.60. The van der Waals surface area contributed by atoms with Crippen molar-refractivity contribution in [3.63, 3.8) is 0 Å². The Balaban J connectivity index is 1.06. The van der Waals surface area contributed by atoms with Crippen molar-refractivity contribution >= 4 is 11.8 Å². The lowest BCUT2D eigenvalue weighted by atomic mass is 9.48. The molecule has 2 aromatic rings. The first-order valence-corrected chi connectivity index (χ1v) is 14.8. The molecule has 5 aliphatic rings. The van der Waals surface area contributed by atoms with Gasteiger partial charge in [0.25, 0.3) is 0 Å². The standard InChI is InChI=1S/C31H42N6O3/c1-30(2)39-18-25(40-30)8-9-33-27-22-10-20-11-23(27)14-31(12-20,13-22)19-36-28-24(15-32)17-35-29(37-28)34-16-21-6-4-5-7-26(21)38-3/h4-7,17,20,22-23,25,27,33H,8-14,16,18-19H2,1-3H3,(H2,34,35,36,37)/t20?,22-,23+,25-,27?,31?/m0/s1. The predicted octanol–water partition coefficient (Wildman–Crippen LogP) is 4.71. The Morgan fingerprint density at radius 3 is 2.65 bits per heavy atom. The van der Waals surface area contributed by atoms with Crippen LogP contribution in [0.5, 0.6) is 5.75 Å². The van der Waals surface area contributed by atoms with Crippen LogP contribution in [0.25, 0.3) is 0 Å². The van der Waals surface area contributed by atoms with Crippen LogP contribution in [0.4, 0.5) is 11.8 Å². The number of anilines is 2. The largest absolute Gasteiger partial charge is 0.496 e. The van der Waals surface area contributed by atoms with Crippen molar-refractivity contribution in [3.05, 3.63) is 41.6 Å². The van der Waals surface area contributed by atoms with E-state index in [1.54, 1.807) is 13.3 Å². The van der Waals surface area contributed by atoms with Crippen LogP contribution in [0.15, 0.2) is 30.5 Å². The monoisotopic (exact) mass is 546 g/mol. The van der Waals surface area contributed by atoms with Gasteiger partial charge in [0.2, 0.25) is 5.95 Å². The van der Waals surface area contributed by atoms with Gasteiger partial charge in [-0.15, -0.1) is 0 Å². The first kappa shape index (κ1) is 27.3. The molecule has 0 spiro atoms. The van der Waals surface area contributed by atoms with E-state index in [4.69, 9.17) is 19.2 Å². The maximum Gasteiger partial charge on any atom is 0.224 e. The molecular formula is C31H42N6O3. The lowest BCUT2D eigenvalue weighted by Crippen LogP contribution is -2.59. The van der Waals surface area contributed by atoms with Gasteiger partial charge in [0.15, 0.2) is 5.79 Å². The highest BCUT2D eigenvalue weighted by Gasteiger charge is 2.55.